The zero-order valence-electron chi connectivity index (χ0n) is 26.2. The summed E-state index contributed by atoms with van der Waals surface area (Å²) in [5.41, 5.74) is 0. The second-order valence-corrected chi connectivity index (χ2v) is 10.4. The molecule has 4 N–H and O–H groups in total. The van der Waals surface area contributed by atoms with E-state index in [1.165, 1.54) is 0 Å². The second-order valence-electron chi connectivity index (χ2n) is 10.4. The summed E-state index contributed by atoms with van der Waals surface area (Å²) in [6, 6.07) is 0. The Morgan fingerprint density at radius 1 is 0.523 bits per heavy atom. The summed E-state index contributed by atoms with van der Waals surface area (Å²) in [4.78, 5) is 53.7. The summed E-state index contributed by atoms with van der Waals surface area (Å²) >= 11 is 0. The normalized spacial score (nSPS) is 16.7. The largest absolute Gasteiger partial charge is 0.480 e. The number of aliphatic carboxylic acids is 3. The fourth-order valence-electron chi connectivity index (χ4n) is 4.31. The summed E-state index contributed by atoms with van der Waals surface area (Å²) in [7, 11) is 0. The molecule has 0 aliphatic carbocycles. The Bertz CT molecular complexity index is 776. The van der Waals surface area contributed by atoms with Crippen LogP contribution in [0.5, 0.6) is 0 Å². The van der Waals surface area contributed by atoms with E-state index in [4.69, 9.17) is 18.9 Å². The number of rotatable bonds is 23. The molecule has 0 aromatic carbocycles. The Balaban J connectivity index is 2.42. The van der Waals surface area contributed by atoms with Gasteiger partial charge < -0.3 is 39.6 Å². The van der Waals surface area contributed by atoms with Gasteiger partial charge in [0.15, 0.2) is 0 Å². The van der Waals surface area contributed by atoms with Crippen LogP contribution < -0.4 is 5.32 Å². The van der Waals surface area contributed by atoms with Crippen molar-refractivity contribution in [2.45, 2.75) is 19.8 Å². The SMILES string of the molecule is CCCCOCCOCCOCCOCCNC(=O)CN1CCN(CC(=O)O)CCN(CC(=O)O)CCN(CC(=O)O)CC1. The predicted molar refractivity (Wildman–Crippen MR) is 160 cm³/mol. The van der Waals surface area contributed by atoms with E-state index < -0.39 is 17.9 Å². The highest BCUT2D eigenvalue weighted by Gasteiger charge is 2.21. The molecule has 0 unspecified atom stereocenters. The molecule has 1 rings (SSSR count). The van der Waals surface area contributed by atoms with Gasteiger partial charge >= 0.3 is 17.9 Å². The van der Waals surface area contributed by atoms with Gasteiger partial charge in [0.2, 0.25) is 5.91 Å². The maximum atomic E-state index is 12.7. The molecule has 1 aliphatic rings. The molecule has 0 aromatic rings. The van der Waals surface area contributed by atoms with Crippen LogP contribution >= 0.6 is 0 Å². The molecule has 0 spiro atoms. The quantitative estimate of drug-likeness (QED) is 0.0943. The first-order chi connectivity index (χ1) is 21.2. The van der Waals surface area contributed by atoms with Gasteiger partial charge in [-0.2, -0.15) is 0 Å². The van der Waals surface area contributed by atoms with Crippen LogP contribution in [0.4, 0.5) is 0 Å². The Morgan fingerprint density at radius 2 is 0.841 bits per heavy atom. The van der Waals surface area contributed by atoms with Gasteiger partial charge in [-0.3, -0.25) is 38.8 Å². The standard InChI is InChI=1S/C28H53N5O11/c1-2-3-13-41-15-17-43-19-20-44-18-16-42-14-4-29-25(34)21-30-5-7-31(22-26(35)36)9-11-33(24-28(39)40)12-10-32(8-6-30)23-27(37)38/h2-24H2,1H3,(H,29,34)(H,35,36)(H,37,38)(H,39,40). The summed E-state index contributed by atoms with van der Waals surface area (Å²) in [6.45, 7) is 8.45. The molecule has 256 valence electrons. The van der Waals surface area contributed by atoms with Crippen molar-refractivity contribution in [3.8, 4) is 0 Å². The number of unbranched alkanes of at least 4 members (excludes halogenated alkanes) is 1. The van der Waals surface area contributed by atoms with Crippen LogP contribution in [0.25, 0.3) is 0 Å². The number of carbonyl (C=O) groups excluding carboxylic acids is 1. The number of carbonyl (C=O) groups is 4. The number of nitrogens with one attached hydrogen (secondary N) is 1. The third-order valence-corrected chi connectivity index (χ3v) is 6.70. The van der Waals surface area contributed by atoms with Gasteiger partial charge in [-0.1, -0.05) is 13.3 Å². The summed E-state index contributed by atoms with van der Waals surface area (Å²) in [5, 5.41) is 30.8. The molecule has 0 atom stereocenters. The van der Waals surface area contributed by atoms with Gasteiger partial charge in [0.25, 0.3) is 0 Å². The van der Waals surface area contributed by atoms with Gasteiger partial charge in [0.05, 0.1) is 72.4 Å². The minimum Gasteiger partial charge on any atom is -0.480 e. The molecule has 0 aromatic heterocycles. The van der Waals surface area contributed by atoms with Gasteiger partial charge in [-0.25, -0.2) is 0 Å². The monoisotopic (exact) mass is 635 g/mol. The highest BCUT2D eigenvalue weighted by atomic mass is 16.6. The number of amides is 1. The van der Waals surface area contributed by atoms with Crippen molar-refractivity contribution >= 4 is 23.8 Å². The van der Waals surface area contributed by atoms with Crippen molar-refractivity contribution in [1.29, 1.82) is 0 Å². The Kier molecular flexibility index (Phi) is 23.2. The summed E-state index contributed by atoms with van der Waals surface area (Å²) in [5.74, 6) is -3.24. The average molecular weight is 636 g/mol. The molecule has 16 heteroatoms. The van der Waals surface area contributed by atoms with Crippen LogP contribution in [0.15, 0.2) is 0 Å². The first kappa shape index (κ1) is 39.6. The molecule has 1 aliphatic heterocycles. The van der Waals surface area contributed by atoms with E-state index in [-0.39, 0.29) is 32.1 Å². The van der Waals surface area contributed by atoms with Gasteiger partial charge in [0, 0.05) is 65.5 Å². The van der Waals surface area contributed by atoms with Crippen molar-refractivity contribution in [2.75, 3.05) is 138 Å². The molecule has 0 radical (unpaired) electrons. The van der Waals surface area contributed by atoms with Crippen molar-refractivity contribution in [1.82, 2.24) is 24.9 Å². The number of nitrogens with zero attached hydrogens (tertiary/aromatic N) is 4. The molecule has 1 heterocycles. The van der Waals surface area contributed by atoms with E-state index in [0.29, 0.717) is 105 Å². The summed E-state index contributed by atoms with van der Waals surface area (Å²) in [6.07, 6.45) is 2.16. The first-order valence-corrected chi connectivity index (χ1v) is 15.3. The lowest BCUT2D eigenvalue weighted by atomic mass is 10.3. The lowest BCUT2D eigenvalue weighted by molar-refractivity contribution is -0.140. The van der Waals surface area contributed by atoms with Crippen LogP contribution in [-0.4, -0.2) is 197 Å². The second kappa shape index (κ2) is 25.8. The molecule has 1 saturated heterocycles. The molecule has 0 bridgehead atoms. The molecule has 1 amide bonds. The highest BCUT2D eigenvalue weighted by molar-refractivity contribution is 5.78. The lowest BCUT2D eigenvalue weighted by Crippen LogP contribution is -2.50. The molecule has 0 saturated carbocycles. The molecular weight excluding hydrogens is 582 g/mol. The topological polar surface area (TPSA) is 191 Å². The van der Waals surface area contributed by atoms with Crippen LogP contribution in [0, 0.1) is 0 Å². The third kappa shape index (κ3) is 23.0. The number of hydrogen-bond donors (Lipinski definition) is 4. The number of carboxylic acids is 3. The number of carboxylic acid groups (broad SMARTS) is 3. The predicted octanol–water partition coefficient (Wildman–Crippen LogP) is -1.56. The van der Waals surface area contributed by atoms with E-state index in [1.807, 2.05) is 4.90 Å². The Labute approximate surface area is 260 Å². The van der Waals surface area contributed by atoms with Crippen LogP contribution in [0.2, 0.25) is 0 Å². The first-order valence-electron chi connectivity index (χ1n) is 15.3. The molecule has 44 heavy (non-hydrogen) atoms. The third-order valence-electron chi connectivity index (χ3n) is 6.70. The van der Waals surface area contributed by atoms with E-state index in [1.54, 1.807) is 14.7 Å². The van der Waals surface area contributed by atoms with Gasteiger partial charge in [0.1, 0.15) is 0 Å². The smallest absolute Gasteiger partial charge is 0.317 e. The summed E-state index contributed by atoms with van der Waals surface area (Å²) < 4.78 is 21.8. The van der Waals surface area contributed by atoms with E-state index >= 15 is 0 Å². The fraction of sp³-hybridized carbons (Fsp3) is 0.857. The molecular formula is C28H53N5O11. The van der Waals surface area contributed by atoms with Crippen molar-refractivity contribution < 1.29 is 53.4 Å². The van der Waals surface area contributed by atoms with E-state index in [0.717, 1.165) is 19.4 Å². The van der Waals surface area contributed by atoms with Crippen molar-refractivity contribution in [3.05, 3.63) is 0 Å². The number of hydrogen-bond acceptors (Lipinski definition) is 12. The Morgan fingerprint density at radius 3 is 1.18 bits per heavy atom. The number of ether oxygens (including phenoxy) is 4. The van der Waals surface area contributed by atoms with Crippen LogP contribution in [-0.2, 0) is 38.1 Å². The van der Waals surface area contributed by atoms with Gasteiger partial charge in [-0.05, 0) is 6.42 Å². The average Bonchev–Trinajstić information content (AvgIpc) is 2.95. The minimum atomic E-state index is -1.01. The lowest BCUT2D eigenvalue weighted by Gasteiger charge is -2.32. The maximum absolute atomic E-state index is 12.7. The van der Waals surface area contributed by atoms with Crippen molar-refractivity contribution in [2.24, 2.45) is 0 Å². The highest BCUT2D eigenvalue weighted by Crippen LogP contribution is 2.01. The maximum Gasteiger partial charge on any atom is 0.317 e. The van der Waals surface area contributed by atoms with Crippen LogP contribution in [0.3, 0.4) is 0 Å². The minimum absolute atomic E-state index is 0.0553. The fourth-order valence-corrected chi connectivity index (χ4v) is 4.31. The van der Waals surface area contributed by atoms with E-state index in [9.17, 15) is 34.5 Å². The molecule has 16 nitrogen and oxygen atoms in total. The zero-order chi connectivity index (χ0) is 32.4. The molecule has 1 fully saturated rings. The zero-order valence-corrected chi connectivity index (χ0v) is 26.2. The van der Waals surface area contributed by atoms with Crippen molar-refractivity contribution in [3.63, 3.8) is 0 Å². The Hall–Kier alpha value is -2.44. The van der Waals surface area contributed by atoms with E-state index in [2.05, 4.69) is 12.2 Å². The van der Waals surface area contributed by atoms with Crippen LogP contribution in [0.1, 0.15) is 19.8 Å². The van der Waals surface area contributed by atoms with Gasteiger partial charge in [-0.15, -0.1) is 0 Å².